The minimum absolute atomic E-state index is 0.160. The van der Waals surface area contributed by atoms with Gasteiger partial charge in [0.1, 0.15) is 0 Å². The molecule has 0 aromatic rings. The average Bonchev–Trinajstić information content (AvgIpc) is 2.32. The molecule has 0 fully saturated rings. The molecule has 0 saturated heterocycles. The quantitative estimate of drug-likeness (QED) is 0.422. The van der Waals surface area contributed by atoms with Gasteiger partial charge in [0.2, 0.25) is 0 Å². The van der Waals surface area contributed by atoms with Crippen LogP contribution in [0.25, 0.3) is 0 Å². The number of ether oxygens (including phenoxy) is 1. The number of hydrogen-bond donors (Lipinski definition) is 1. The summed E-state index contributed by atoms with van der Waals surface area (Å²) in [4.78, 5) is 11.0. The molecule has 0 rings (SSSR count). The van der Waals surface area contributed by atoms with E-state index in [0.29, 0.717) is 19.6 Å². The van der Waals surface area contributed by atoms with E-state index in [9.17, 15) is 4.79 Å². The Kier molecular flexibility index (Phi) is 13.0. The Morgan fingerprint density at radius 1 is 0.941 bits per heavy atom. The van der Waals surface area contributed by atoms with Gasteiger partial charge < -0.3 is 10.5 Å². The molecular weight excluding hydrogens is 214 g/mol. The zero-order chi connectivity index (χ0) is 12.8. The minimum Gasteiger partial charge on any atom is -0.466 e. The maximum atomic E-state index is 11.0. The molecule has 102 valence electrons. The van der Waals surface area contributed by atoms with E-state index in [2.05, 4.69) is 6.92 Å². The van der Waals surface area contributed by atoms with Crippen LogP contribution < -0.4 is 5.73 Å². The molecule has 0 saturated carbocycles. The highest BCUT2D eigenvalue weighted by Gasteiger charge is 1.99. The molecule has 0 heterocycles. The van der Waals surface area contributed by atoms with E-state index in [0.717, 1.165) is 6.42 Å². The molecule has 0 bridgehead atoms. The molecule has 3 heteroatoms. The summed E-state index contributed by atoms with van der Waals surface area (Å²) in [5.74, 6) is -0.160. The molecule has 0 atom stereocenters. The Bertz CT molecular complexity index is 172. The monoisotopic (exact) mass is 243 g/mol. The molecule has 0 aliphatic carbocycles. The van der Waals surface area contributed by atoms with Crippen LogP contribution >= 0.6 is 0 Å². The SMILES string of the molecule is CCCCCCCCCCCOC(=O)CCN. The van der Waals surface area contributed by atoms with Crippen molar-refractivity contribution in [1.82, 2.24) is 0 Å². The first-order valence-corrected chi connectivity index (χ1v) is 7.17. The Balaban J connectivity index is 3.01. The maximum absolute atomic E-state index is 11.0. The molecule has 0 aromatic carbocycles. The van der Waals surface area contributed by atoms with Crippen molar-refractivity contribution in [2.45, 2.75) is 71.1 Å². The summed E-state index contributed by atoms with van der Waals surface area (Å²) >= 11 is 0. The number of esters is 1. The summed E-state index contributed by atoms with van der Waals surface area (Å²) in [6, 6.07) is 0. The van der Waals surface area contributed by atoms with Gasteiger partial charge in [-0.1, -0.05) is 58.3 Å². The van der Waals surface area contributed by atoms with E-state index >= 15 is 0 Å². The summed E-state index contributed by atoms with van der Waals surface area (Å²) in [6.45, 7) is 3.19. The maximum Gasteiger partial charge on any atom is 0.307 e. The molecule has 0 amide bonds. The second kappa shape index (κ2) is 13.5. The highest BCUT2D eigenvalue weighted by Crippen LogP contribution is 2.09. The highest BCUT2D eigenvalue weighted by molar-refractivity contribution is 5.69. The number of carbonyl (C=O) groups excluding carboxylic acids is 1. The summed E-state index contributed by atoms with van der Waals surface area (Å²) in [5, 5.41) is 0. The van der Waals surface area contributed by atoms with Crippen molar-refractivity contribution in [3.63, 3.8) is 0 Å². The van der Waals surface area contributed by atoms with Gasteiger partial charge in [0.15, 0.2) is 0 Å². The van der Waals surface area contributed by atoms with Gasteiger partial charge >= 0.3 is 5.97 Å². The van der Waals surface area contributed by atoms with Crippen molar-refractivity contribution in [3.8, 4) is 0 Å². The lowest BCUT2D eigenvalue weighted by atomic mass is 10.1. The third kappa shape index (κ3) is 13.4. The molecule has 0 spiro atoms. The smallest absolute Gasteiger partial charge is 0.307 e. The van der Waals surface area contributed by atoms with Gasteiger partial charge in [0.25, 0.3) is 0 Å². The molecule has 0 unspecified atom stereocenters. The summed E-state index contributed by atoms with van der Waals surface area (Å²) < 4.78 is 5.02. The van der Waals surface area contributed by atoms with Gasteiger partial charge in [0.05, 0.1) is 13.0 Å². The molecule has 0 aliphatic rings. The average molecular weight is 243 g/mol. The van der Waals surface area contributed by atoms with E-state index in [1.165, 1.54) is 51.4 Å². The first-order chi connectivity index (χ1) is 8.31. The number of hydrogen-bond acceptors (Lipinski definition) is 3. The largest absolute Gasteiger partial charge is 0.466 e. The molecular formula is C14H29NO2. The lowest BCUT2D eigenvalue weighted by Crippen LogP contribution is -2.11. The first-order valence-electron chi connectivity index (χ1n) is 7.17. The van der Waals surface area contributed by atoms with Crippen molar-refractivity contribution in [1.29, 1.82) is 0 Å². The predicted octanol–water partition coefficient (Wildman–Crippen LogP) is 3.41. The first kappa shape index (κ1) is 16.4. The fraction of sp³-hybridized carbons (Fsp3) is 0.929. The van der Waals surface area contributed by atoms with Crippen LogP contribution in [0.1, 0.15) is 71.1 Å². The molecule has 0 aromatic heterocycles. The Morgan fingerprint density at radius 3 is 2.00 bits per heavy atom. The van der Waals surface area contributed by atoms with Crippen LogP contribution in [-0.2, 0) is 9.53 Å². The zero-order valence-corrected chi connectivity index (χ0v) is 11.4. The number of nitrogens with two attached hydrogens (primary N) is 1. The van der Waals surface area contributed by atoms with Gasteiger partial charge in [0, 0.05) is 6.54 Å². The van der Waals surface area contributed by atoms with Crippen LogP contribution in [0.3, 0.4) is 0 Å². The minimum atomic E-state index is -0.160. The lowest BCUT2D eigenvalue weighted by molar-refractivity contribution is -0.143. The standard InChI is InChI=1S/C14H29NO2/c1-2-3-4-5-6-7-8-9-10-13-17-14(16)11-12-15/h2-13,15H2,1H3. The zero-order valence-electron chi connectivity index (χ0n) is 11.4. The van der Waals surface area contributed by atoms with E-state index < -0.39 is 0 Å². The molecule has 0 radical (unpaired) electrons. The Hall–Kier alpha value is -0.570. The molecule has 0 aliphatic heterocycles. The Labute approximate surface area is 106 Å². The van der Waals surface area contributed by atoms with Crippen molar-refractivity contribution < 1.29 is 9.53 Å². The van der Waals surface area contributed by atoms with Crippen LogP contribution in [-0.4, -0.2) is 19.1 Å². The lowest BCUT2D eigenvalue weighted by Gasteiger charge is -2.04. The van der Waals surface area contributed by atoms with E-state index in [1.807, 2.05) is 0 Å². The molecule has 3 nitrogen and oxygen atoms in total. The van der Waals surface area contributed by atoms with Crippen molar-refractivity contribution in [2.24, 2.45) is 5.73 Å². The van der Waals surface area contributed by atoms with Crippen LogP contribution in [0.2, 0.25) is 0 Å². The fourth-order valence-corrected chi connectivity index (χ4v) is 1.79. The van der Waals surface area contributed by atoms with Crippen molar-refractivity contribution in [2.75, 3.05) is 13.2 Å². The number of rotatable bonds is 12. The number of unbranched alkanes of at least 4 members (excludes halogenated alkanes) is 8. The van der Waals surface area contributed by atoms with Crippen LogP contribution in [0.5, 0.6) is 0 Å². The second-order valence-electron chi connectivity index (χ2n) is 4.59. The van der Waals surface area contributed by atoms with Crippen LogP contribution in [0.15, 0.2) is 0 Å². The number of carbonyl (C=O) groups is 1. The van der Waals surface area contributed by atoms with Gasteiger partial charge in [-0.2, -0.15) is 0 Å². The summed E-state index contributed by atoms with van der Waals surface area (Å²) in [7, 11) is 0. The highest BCUT2D eigenvalue weighted by atomic mass is 16.5. The van der Waals surface area contributed by atoms with Crippen molar-refractivity contribution >= 4 is 5.97 Å². The third-order valence-corrected chi connectivity index (χ3v) is 2.86. The fourth-order valence-electron chi connectivity index (χ4n) is 1.79. The topological polar surface area (TPSA) is 52.3 Å². The van der Waals surface area contributed by atoms with Gasteiger partial charge in [-0.3, -0.25) is 4.79 Å². The van der Waals surface area contributed by atoms with Gasteiger partial charge in [-0.25, -0.2) is 0 Å². The van der Waals surface area contributed by atoms with Crippen molar-refractivity contribution in [3.05, 3.63) is 0 Å². The normalized spacial score (nSPS) is 10.5. The van der Waals surface area contributed by atoms with E-state index in [-0.39, 0.29) is 5.97 Å². The second-order valence-corrected chi connectivity index (χ2v) is 4.59. The van der Waals surface area contributed by atoms with Gasteiger partial charge in [-0.15, -0.1) is 0 Å². The van der Waals surface area contributed by atoms with Crippen LogP contribution in [0.4, 0.5) is 0 Å². The third-order valence-electron chi connectivity index (χ3n) is 2.86. The van der Waals surface area contributed by atoms with Gasteiger partial charge in [-0.05, 0) is 6.42 Å². The predicted molar refractivity (Wildman–Crippen MR) is 71.9 cm³/mol. The van der Waals surface area contributed by atoms with E-state index in [4.69, 9.17) is 10.5 Å². The Morgan fingerprint density at radius 2 is 1.47 bits per heavy atom. The summed E-state index contributed by atoms with van der Waals surface area (Å²) in [5.41, 5.74) is 5.25. The molecule has 17 heavy (non-hydrogen) atoms. The van der Waals surface area contributed by atoms with Crippen LogP contribution in [0, 0.1) is 0 Å². The summed E-state index contributed by atoms with van der Waals surface area (Å²) in [6.07, 6.45) is 11.9. The van der Waals surface area contributed by atoms with E-state index in [1.54, 1.807) is 0 Å². The molecule has 2 N–H and O–H groups in total.